The summed E-state index contributed by atoms with van der Waals surface area (Å²) < 4.78 is 12.3. The van der Waals surface area contributed by atoms with Crippen LogP contribution < -0.4 is 20.2 Å². The van der Waals surface area contributed by atoms with Crippen LogP contribution in [-0.4, -0.2) is 24.6 Å². The van der Waals surface area contributed by atoms with Gasteiger partial charge in [-0.15, -0.1) is 0 Å². The molecule has 0 atom stereocenters. The Morgan fingerprint density at radius 1 is 1.06 bits per heavy atom. The summed E-state index contributed by atoms with van der Waals surface area (Å²) in [6.45, 7) is 4.53. The van der Waals surface area contributed by atoms with Crippen LogP contribution in [0.1, 0.15) is 23.6 Å². The molecule has 0 saturated heterocycles. The number of aryl methyl sites for hydroxylation is 1. The topological polar surface area (TPSA) is 89.0 Å². The van der Waals surface area contributed by atoms with Crippen LogP contribution in [0.4, 0.5) is 5.69 Å². The molecule has 9 heteroatoms. The SMILES string of the molecule is CCOc1cc(/C=N/NC(=O)C(=O)Nc2ccc(C)cc2)cc(Br)c1OCc1cccc(Cl)c1. The van der Waals surface area contributed by atoms with E-state index in [0.717, 1.165) is 11.1 Å². The van der Waals surface area contributed by atoms with Crippen molar-refractivity contribution in [1.29, 1.82) is 0 Å². The molecule has 0 aliphatic carbocycles. The van der Waals surface area contributed by atoms with Crippen molar-refractivity contribution in [3.05, 3.63) is 86.8 Å². The lowest BCUT2D eigenvalue weighted by atomic mass is 10.2. The van der Waals surface area contributed by atoms with Gasteiger partial charge in [-0.3, -0.25) is 9.59 Å². The van der Waals surface area contributed by atoms with Crippen LogP contribution in [0.2, 0.25) is 5.02 Å². The van der Waals surface area contributed by atoms with Gasteiger partial charge >= 0.3 is 11.8 Å². The van der Waals surface area contributed by atoms with Gasteiger partial charge < -0.3 is 14.8 Å². The zero-order valence-corrected chi connectivity index (χ0v) is 20.9. The minimum Gasteiger partial charge on any atom is -0.490 e. The molecule has 0 aliphatic rings. The molecule has 2 amide bonds. The van der Waals surface area contributed by atoms with Gasteiger partial charge in [0.2, 0.25) is 0 Å². The summed E-state index contributed by atoms with van der Waals surface area (Å²) in [4.78, 5) is 24.1. The number of hydrogen-bond donors (Lipinski definition) is 2. The van der Waals surface area contributed by atoms with Gasteiger partial charge in [-0.1, -0.05) is 41.4 Å². The molecule has 2 N–H and O–H groups in total. The van der Waals surface area contributed by atoms with E-state index >= 15 is 0 Å². The van der Waals surface area contributed by atoms with Crippen LogP contribution in [0.25, 0.3) is 0 Å². The number of ether oxygens (including phenoxy) is 2. The van der Waals surface area contributed by atoms with Gasteiger partial charge in [0.05, 0.1) is 17.3 Å². The summed E-state index contributed by atoms with van der Waals surface area (Å²) in [5, 5.41) is 7.02. The molecule has 34 heavy (non-hydrogen) atoms. The van der Waals surface area contributed by atoms with Crippen LogP contribution in [-0.2, 0) is 16.2 Å². The van der Waals surface area contributed by atoms with Crippen LogP contribution >= 0.6 is 27.5 Å². The van der Waals surface area contributed by atoms with E-state index in [-0.39, 0.29) is 0 Å². The Morgan fingerprint density at radius 3 is 2.53 bits per heavy atom. The normalized spacial score (nSPS) is 10.7. The Balaban J connectivity index is 1.64. The number of amides is 2. The summed E-state index contributed by atoms with van der Waals surface area (Å²) in [7, 11) is 0. The third-order valence-electron chi connectivity index (χ3n) is 4.50. The summed E-state index contributed by atoms with van der Waals surface area (Å²) in [5.74, 6) is -0.673. The first-order chi connectivity index (χ1) is 16.4. The lowest BCUT2D eigenvalue weighted by Crippen LogP contribution is -2.32. The van der Waals surface area contributed by atoms with Crippen molar-refractivity contribution in [2.24, 2.45) is 5.10 Å². The lowest BCUT2D eigenvalue weighted by molar-refractivity contribution is -0.136. The Bertz CT molecular complexity index is 1200. The fraction of sp³-hybridized carbons (Fsp3) is 0.160. The average molecular weight is 545 g/mol. The molecule has 3 aromatic carbocycles. The fourth-order valence-electron chi connectivity index (χ4n) is 2.89. The Kier molecular flexibility index (Phi) is 9.07. The molecule has 0 saturated carbocycles. The van der Waals surface area contributed by atoms with Crippen molar-refractivity contribution in [2.45, 2.75) is 20.5 Å². The van der Waals surface area contributed by atoms with Crippen LogP contribution in [0.15, 0.2) is 70.2 Å². The summed E-state index contributed by atoms with van der Waals surface area (Å²) in [5.41, 5.74) is 5.33. The van der Waals surface area contributed by atoms with E-state index in [2.05, 4.69) is 31.8 Å². The first-order valence-corrected chi connectivity index (χ1v) is 11.6. The maximum atomic E-state index is 12.0. The van der Waals surface area contributed by atoms with E-state index in [0.29, 0.717) is 45.5 Å². The third kappa shape index (κ3) is 7.33. The molecule has 3 rings (SSSR count). The van der Waals surface area contributed by atoms with Crippen molar-refractivity contribution >= 4 is 51.2 Å². The van der Waals surface area contributed by atoms with Gasteiger partial charge in [0, 0.05) is 10.7 Å². The van der Waals surface area contributed by atoms with E-state index < -0.39 is 11.8 Å². The number of nitrogens with one attached hydrogen (secondary N) is 2. The molecule has 0 heterocycles. The third-order valence-corrected chi connectivity index (χ3v) is 5.32. The number of hydrazone groups is 1. The van der Waals surface area contributed by atoms with E-state index in [9.17, 15) is 9.59 Å². The van der Waals surface area contributed by atoms with Crippen molar-refractivity contribution < 1.29 is 19.1 Å². The first-order valence-electron chi connectivity index (χ1n) is 10.4. The predicted octanol–water partition coefficient (Wildman–Crippen LogP) is 5.48. The molecule has 0 fully saturated rings. The molecule has 0 radical (unpaired) electrons. The molecule has 0 aromatic heterocycles. The standard InChI is InChI=1S/C25H23BrClN3O4/c1-3-33-22-13-18(12-21(26)23(22)34-15-17-5-4-6-19(27)11-17)14-28-30-25(32)24(31)29-20-9-7-16(2)8-10-20/h4-14H,3,15H2,1-2H3,(H,29,31)(H,30,32)/b28-14+. The van der Waals surface area contributed by atoms with E-state index in [1.807, 2.05) is 44.2 Å². The van der Waals surface area contributed by atoms with Crippen molar-refractivity contribution in [3.63, 3.8) is 0 Å². The maximum absolute atomic E-state index is 12.0. The highest BCUT2D eigenvalue weighted by atomic mass is 79.9. The first kappa shape index (κ1) is 25.3. The van der Waals surface area contributed by atoms with Crippen LogP contribution in [0.3, 0.4) is 0 Å². The number of anilines is 1. The highest BCUT2D eigenvalue weighted by Gasteiger charge is 2.14. The molecule has 0 aliphatic heterocycles. The number of hydrogen-bond acceptors (Lipinski definition) is 5. The zero-order chi connectivity index (χ0) is 24.5. The monoisotopic (exact) mass is 543 g/mol. The number of benzene rings is 3. The molecular weight excluding hydrogens is 522 g/mol. The number of carbonyl (C=O) groups excluding carboxylic acids is 2. The van der Waals surface area contributed by atoms with Gasteiger partial charge in [-0.25, -0.2) is 5.43 Å². The molecule has 0 spiro atoms. The smallest absolute Gasteiger partial charge is 0.329 e. The van der Waals surface area contributed by atoms with Crippen molar-refractivity contribution in [2.75, 3.05) is 11.9 Å². The minimum atomic E-state index is -0.887. The van der Waals surface area contributed by atoms with Crippen LogP contribution in [0.5, 0.6) is 11.5 Å². The summed E-state index contributed by atoms with van der Waals surface area (Å²) in [6, 6.07) is 18.0. The summed E-state index contributed by atoms with van der Waals surface area (Å²) in [6.07, 6.45) is 1.41. The molecule has 176 valence electrons. The van der Waals surface area contributed by atoms with Crippen LogP contribution in [0, 0.1) is 6.92 Å². The number of halogens is 2. The lowest BCUT2D eigenvalue weighted by Gasteiger charge is -2.15. The Hall–Kier alpha value is -3.36. The average Bonchev–Trinajstić information content (AvgIpc) is 2.80. The zero-order valence-electron chi connectivity index (χ0n) is 18.6. The Labute approximate surface area is 211 Å². The van der Waals surface area contributed by atoms with Gasteiger partial charge in [-0.2, -0.15) is 5.10 Å². The van der Waals surface area contributed by atoms with E-state index in [1.54, 1.807) is 30.3 Å². The van der Waals surface area contributed by atoms with Gasteiger partial charge in [-0.05, 0) is 77.3 Å². The fourth-order valence-corrected chi connectivity index (χ4v) is 3.68. The molecule has 3 aromatic rings. The summed E-state index contributed by atoms with van der Waals surface area (Å²) >= 11 is 9.53. The van der Waals surface area contributed by atoms with Crippen molar-refractivity contribution in [3.8, 4) is 11.5 Å². The number of nitrogens with zero attached hydrogens (tertiary/aromatic N) is 1. The molecular formula is C25H23BrClN3O4. The molecule has 7 nitrogen and oxygen atoms in total. The quantitative estimate of drug-likeness (QED) is 0.223. The van der Waals surface area contributed by atoms with Gasteiger partial charge in [0.25, 0.3) is 0 Å². The second-order valence-electron chi connectivity index (χ2n) is 7.20. The van der Waals surface area contributed by atoms with Gasteiger partial charge in [0.1, 0.15) is 6.61 Å². The number of carbonyl (C=O) groups is 2. The van der Waals surface area contributed by atoms with Crippen molar-refractivity contribution in [1.82, 2.24) is 5.43 Å². The molecule has 0 unspecified atom stereocenters. The Morgan fingerprint density at radius 2 is 1.82 bits per heavy atom. The van der Waals surface area contributed by atoms with Gasteiger partial charge in [0.15, 0.2) is 11.5 Å². The second-order valence-corrected chi connectivity index (χ2v) is 8.49. The maximum Gasteiger partial charge on any atom is 0.329 e. The van der Waals surface area contributed by atoms with E-state index in [1.165, 1.54) is 6.21 Å². The number of rotatable bonds is 8. The highest BCUT2D eigenvalue weighted by Crippen LogP contribution is 2.37. The highest BCUT2D eigenvalue weighted by molar-refractivity contribution is 9.10. The predicted molar refractivity (Wildman–Crippen MR) is 137 cm³/mol. The largest absolute Gasteiger partial charge is 0.490 e. The van der Waals surface area contributed by atoms with E-state index in [4.69, 9.17) is 21.1 Å². The second kappa shape index (κ2) is 12.2. The molecule has 0 bridgehead atoms. The minimum absolute atomic E-state index is 0.304.